The first-order valence-electron chi connectivity index (χ1n) is 6.51. The van der Waals surface area contributed by atoms with E-state index in [0.29, 0.717) is 6.54 Å². The summed E-state index contributed by atoms with van der Waals surface area (Å²) in [4.78, 5) is 14.0. The van der Waals surface area contributed by atoms with E-state index in [9.17, 15) is 14.3 Å². The van der Waals surface area contributed by atoms with Crippen LogP contribution in [0.1, 0.15) is 36.0 Å². The van der Waals surface area contributed by atoms with Crippen molar-refractivity contribution < 1.29 is 14.3 Å². The molecule has 1 aromatic rings. The second-order valence-electron chi connectivity index (χ2n) is 4.79. The van der Waals surface area contributed by atoms with Gasteiger partial charge >= 0.3 is 0 Å². The van der Waals surface area contributed by atoms with E-state index in [0.717, 1.165) is 25.7 Å². The zero-order valence-corrected chi connectivity index (χ0v) is 11.4. The normalized spacial score (nSPS) is 20.2. The predicted octanol–water partition coefficient (Wildman–Crippen LogP) is 2.86. The van der Waals surface area contributed by atoms with Crippen LogP contribution in [0.5, 0.6) is 0 Å². The third-order valence-corrected chi connectivity index (χ3v) is 3.82. The Labute approximate surface area is 117 Å². The van der Waals surface area contributed by atoms with Gasteiger partial charge in [0.05, 0.1) is 23.2 Å². The fraction of sp³-hybridized carbons (Fsp3) is 0.500. The average Bonchev–Trinajstić information content (AvgIpc) is 2.66. The second-order valence-corrected chi connectivity index (χ2v) is 5.19. The van der Waals surface area contributed by atoms with E-state index in [2.05, 4.69) is 0 Å². The van der Waals surface area contributed by atoms with Crippen LogP contribution in [0.3, 0.4) is 0 Å². The number of carbonyl (C=O) groups excluding carboxylic acids is 1. The average molecular weight is 286 g/mol. The Kier molecular flexibility index (Phi) is 4.77. The summed E-state index contributed by atoms with van der Waals surface area (Å²) >= 11 is 5.70. The van der Waals surface area contributed by atoms with Gasteiger partial charge in [-0.2, -0.15) is 0 Å². The van der Waals surface area contributed by atoms with E-state index in [4.69, 9.17) is 11.6 Å². The van der Waals surface area contributed by atoms with Gasteiger partial charge < -0.3 is 10.0 Å². The van der Waals surface area contributed by atoms with E-state index < -0.39 is 5.82 Å². The summed E-state index contributed by atoms with van der Waals surface area (Å²) in [6.07, 6.45) is 3.64. The molecule has 1 atom stereocenters. The number of aliphatic hydroxyl groups is 1. The fourth-order valence-electron chi connectivity index (χ4n) is 2.46. The van der Waals surface area contributed by atoms with Crippen LogP contribution in [0.2, 0.25) is 5.02 Å². The summed E-state index contributed by atoms with van der Waals surface area (Å²) in [7, 11) is 0. The van der Waals surface area contributed by atoms with E-state index in [-0.39, 0.29) is 29.1 Å². The molecular formula is C14H17ClFNO2. The molecule has 1 aromatic carbocycles. The Morgan fingerprint density at radius 3 is 2.95 bits per heavy atom. The molecule has 1 heterocycles. The van der Waals surface area contributed by atoms with E-state index in [1.165, 1.54) is 12.1 Å². The Morgan fingerprint density at radius 1 is 1.42 bits per heavy atom. The molecule has 0 aromatic heterocycles. The molecule has 1 aliphatic rings. The lowest BCUT2D eigenvalue weighted by molar-refractivity contribution is 0.0595. The molecule has 2 rings (SSSR count). The van der Waals surface area contributed by atoms with E-state index in [1.54, 1.807) is 11.0 Å². The topological polar surface area (TPSA) is 40.5 Å². The molecule has 19 heavy (non-hydrogen) atoms. The molecule has 0 bridgehead atoms. The number of hydrogen-bond donors (Lipinski definition) is 1. The Hall–Kier alpha value is -1.13. The first kappa shape index (κ1) is 14.3. The number of amides is 1. The van der Waals surface area contributed by atoms with Crippen LogP contribution >= 0.6 is 11.6 Å². The maximum Gasteiger partial charge on any atom is 0.257 e. The second kappa shape index (κ2) is 6.35. The van der Waals surface area contributed by atoms with Crippen LogP contribution in [0.25, 0.3) is 0 Å². The lowest BCUT2D eigenvalue weighted by Gasteiger charge is -2.28. The Bertz CT molecular complexity index is 467. The molecule has 0 spiro atoms. The SMILES string of the molecule is O=C(c1cccc(Cl)c1F)N1CCCCCC1CO. The van der Waals surface area contributed by atoms with Crippen molar-refractivity contribution in [3.8, 4) is 0 Å². The van der Waals surface area contributed by atoms with Gasteiger partial charge in [-0.05, 0) is 25.0 Å². The van der Waals surface area contributed by atoms with Crippen molar-refractivity contribution in [2.75, 3.05) is 13.2 Å². The van der Waals surface area contributed by atoms with Crippen molar-refractivity contribution in [3.05, 3.63) is 34.6 Å². The van der Waals surface area contributed by atoms with Gasteiger partial charge in [0.2, 0.25) is 0 Å². The van der Waals surface area contributed by atoms with Crippen molar-refractivity contribution in [1.29, 1.82) is 0 Å². The first-order valence-corrected chi connectivity index (χ1v) is 6.88. The van der Waals surface area contributed by atoms with Crippen LogP contribution in [0.15, 0.2) is 18.2 Å². The van der Waals surface area contributed by atoms with Crippen molar-refractivity contribution in [2.45, 2.75) is 31.7 Å². The molecule has 1 aliphatic heterocycles. The summed E-state index contributed by atoms with van der Waals surface area (Å²) in [6.45, 7) is 0.462. The van der Waals surface area contributed by atoms with Crippen LogP contribution in [0.4, 0.5) is 4.39 Å². The number of nitrogens with zero attached hydrogens (tertiary/aromatic N) is 1. The highest BCUT2D eigenvalue weighted by molar-refractivity contribution is 6.31. The van der Waals surface area contributed by atoms with E-state index >= 15 is 0 Å². The van der Waals surface area contributed by atoms with Gasteiger partial charge in [0, 0.05) is 6.54 Å². The first-order chi connectivity index (χ1) is 9.15. The minimum Gasteiger partial charge on any atom is -0.394 e. The molecule has 0 saturated carbocycles. The number of rotatable bonds is 2. The largest absolute Gasteiger partial charge is 0.394 e. The summed E-state index contributed by atoms with van der Waals surface area (Å²) in [5, 5.41) is 9.34. The molecule has 3 nitrogen and oxygen atoms in total. The zero-order valence-electron chi connectivity index (χ0n) is 10.6. The molecule has 1 amide bonds. The number of halogens is 2. The van der Waals surface area contributed by atoms with Crippen LogP contribution in [-0.2, 0) is 0 Å². The number of hydrogen-bond acceptors (Lipinski definition) is 2. The highest BCUT2D eigenvalue weighted by Gasteiger charge is 2.27. The van der Waals surface area contributed by atoms with Gasteiger partial charge in [-0.25, -0.2) is 4.39 Å². The number of carbonyl (C=O) groups is 1. The van der Waals surface area contributed by atoms with Gasteiger partial charge in [-0.3, -0.25) is 4.79 Å². The maximum absolute atomic E-state index is 13.9. The molecule has 1 fully saturated rings. The molecule has 1 saturated heterocycles. The molecule has 0 radical (unpaired) electrons. The third-order valence-electron chi connectivity index (χ3n) is 3.53. The number of aliphatic hydroxyl groups excluding tert-OH is 1. The maximum atomic E-state index is 13.9. The highest BCUT2D eigenvalue weighted by atomic mass is 35.5. The summed E-state index contributed by atoms with van der Waals surface area (Å²) < 4.78 is 13.9. The van der Waals surface area contributed by atoms with Gasteiger partial charge in [0.25, 0.3) is 5.91 Å². The molecule has 1 N–H and O–H groups in total. The van der Waals surface area contributed by atoms with Crippen LogP contribution < -0.4 is 0 Å². The number of likely N-dealkylation sites (tertiary alicyclic amines) is 1. The molecule has 1 unspecified atom stereocenters. The Balaban J connectivity index is 2.28. The van der Waals surface area contributed by atoms with Crippen molar-refractivity contribution in [3.63, 3.8) is 0 Å². The highest BCUT2D eigenvalue weighted by Crippen LogP contribution is 2.23. The zero-order chi connectivity index (χ0) is 13.8. The summed E-state index contributed by atoms with van der Waals surface area (Å²) in [6, 6.07) is 4.18. The Morgan fingerprint density at radius 2 is 2.21 bits per heavy atom. The van der Waals surface area contributed by atoms with Crippen molar-refractivity contribution in [2.24, 2.45) is 0 Å². The predicted molar refractivity (Wildman–Crippen MR) is 71.8 cm³/mol. The minimum atomic E-state index is -0.685. The quantitative estimate of drug-likeness (QED) is 0.908. The monoisotopic (exact) mass is 285 g/mol. The molecule has 0 aliphatic carbocycles. The summed E-state index contributed by atoms with van der Waals surface area (Å²) in [5.74, 6) is -1.07. The van der Waals surface area contributed by atoms with E-state index in [1.807, 2.05) is 0 Å². The standard InChI is InChI=1S/C14H17ClFNO2/c15-12-7-4-6-11(13(12)16)14(19)17-8-3-1-2-5-10(17)9-18/h4,6-7,10,18H,1-3,5,8-9H2. The number of benzene rings is 1. The third kappa shape index (κ3) is 3.07. The lowest BCUT2D eigenvalue weighted by Crippen LogP contribution is -2.42. The molecule has 104 valence electrons. The van der Waals surface area contributed by atoms with Crippen molar-refractivity contribution in [1.82, 2.24) is 4.90 Å². The molecular weight excluding hydrogens is 269 g/mol. The fourth-order valence-corrected chi connectivity index (χ4v) is 2.63. The van der Waals surface area contributed by atoms with Gasteiger partial charge in [-0.1, -0.05) is 30.5 Å². The van der Waals surface area contributed by atoms with Crippen LogP contribution in [0, 0.1) is 5.82 Å². The lowest BCUT2D eigenvalue weighted by atomic mass is 10.1. The van der Waals surface area contributed by atoms with Crippen LogP contribution in [-0.4, -0.2) is 35.1 Å². The van der Waals surface area contributed by atoms with Gasteiger partial charge in [0.1, 0.15) is 0 Å². The van der Waals surface area contributed by atoms with Gasteiger partial charge in [0.15, 0.2) is 5.82 Å². The molecule has 5 heteroatoms. The van der Waals surface area contributed by atoms with Crippen molar-refractivity contribution >= 4 is 17.5 Å². The summed E-state index contributed by atoms with van der Waals surface area (Å²) in [5.41, 5.74) is -0.0205. The van der Waals surface area contributed by atoms with Gasteiger partial charge in [-0.15, -0.1) is 0 Å². The minimum absolute atomic E-state index is 0.0205. The smallest absolute Gasteiger partial charge is 0.257 e.